The van der Waals surface area contributed by atoms with E-state index in [4.69, 9.17) is 16.3 Å². The normalized spacial score (nSPS) is 15.0. The van der Waals surface area contributed by atoms with Crippen molar-refractivity contribution < 1.29 is 17.9 Å². The van der Waals surface area contributed by atoms with Gasteiger partial charge in [-0.2, -0.15) is 0 Å². The summed E-state index contributed by atoms with van der Waals surface area (Å²) in [5.41, 5.74) is 6.68. The number of carbonyl (C=O) groups excluding carboxylic acids is 1. The van der Waals surface area contributed by atoms with Crippen LogP contribution in [0.2, 0.25) is 5.02 Å². The maximum Gasteiger partial charge on any atom is 0.279 e. The van der Waals surface area contributed by atoms with Gasteiger partial charge in [0.25, 0.3) is 5.91 Å². The minimum absolute atomic E-state index is 0.0489. The Labute approximate surface area is 169 Å². The van der Waals surface area contributed by atoms with Crippen LogP contribution >= 0.6 is 11.6 Å². The molecule has 1 amide bonds. The van der Waals surface area contributed by atoms with Crippen LogP contribution in [-0.4, -0.2) is 26.5 Å². The number of anilines is 1. The van der Waals surface area contributed by atoms with Crippen LogP contribution in [-0.2, 0) is 14.8 Å². The molecule has 0 aromatic heterocycles. The van der Waals surface area contributed by atoms with Gasteiger partial charge in [0.1, 0.15) is 5.75 Å². The summed E-state index contributed by atoms with van der Waals surface area (Å²) in [5.74, 6) is 0.200. The van der Waals surface area contributed by atoms with Crippen LogP contribution in [0.3, 0.4) is 0 Å². The molecule has 28 heavy (non-hydrogen) atoms. The van der Waals surface area contributed by atoms with Gasteiger partial charge in [-0.15, -0.1) is 0 Å². The highest BCUT2D eigenvalue weighted by atomic mass is 35.5. The van der Waals surface area contributed by atoms with Crippen LogP contribution in [0.5, 0.6) is 5.75 Å². The number of aryl methyl sites for hydroxylation is 1. The van der Waals surface area contributed by atoms with E-state index in [1.807, 2.05) is 6.92 Å². The first-order valence-electron chi connectivity index (χ1n) is 8.86. The number of rotatable bonds is 8. The van der Waals surface area contributed by atoms with Crippen LogP contribution in [0.1, 0.15) is 25.3 Å². The monoisotopic (exact) mass is 423 g/mol. The molecule has 1 saturated carbocycles. The molecule has 9 heteroatoms. The minimum atomic E-state index is -3.49. The van der Waals surface area contributed by atoms with Crippen LogP contribution < -0.4 is 20.3 Å². The van der Waals surface area contributed by atoms with E-state index < -0.39 is 16.1 Å². The van der Waals surface area contributed by atoms with E-state index in [1.54, 1.807) is 37.3 Å². The fourth-order valence-corrected chi connectivity index (χ4v) is 3.96. The summed E-state index contributed by atoms with van der Waals surface area (Å²) in [7, 11) is -3.49. The second kappa shape index (κ2) is 8.38. The number of hydrogen-bond acceptors (Lipinski definition) is 5. The van der Waals surface area contributed by atoms with Crippen LogP contribution in [0.4, 0.5) is 5.69 Å². The molecule has 3 rings (SSSR count). The number of hydrogen-bond donors (Lipinski definition) is 3. The number of hydrazine groups is 1. The third-order valence-corrected chi connectivity index (χ3v) is 5.98. The number of ether oxygens (including phenoxy) is 1. The van der Waals surface area contributed by atoms with Crippen molar-refractivity contribution in [2.75, 3.05) is 5.43 Å². The Morgan fingerprint density at radius 2 is 1.86 bits per heavy atom. The Kier molecular flexibility index (Phi) is 6.12. The SMILES string of the molecule is Cc1cc(Cl)ccc1OC(C)C(=O)NNc1ccc(S(=O)(=O)NC2CC2)cc1. The van der Waals surface area contributed by atoms with E-state index in [1.165, 1.54) is 12.1 Å². The van der Waals surface area contributed by atoms with E-state index in [0.717, 1.165) is 18.4 Å². The van der Waals surface area contributed by atoms with Crippen molar-refractivity contribution in [3.8, 4) is 5.75 Å². The zero-order chi connectivity index (χ0) is 20.3. The number of nitrogens with one attached hydrogen (secondary N) is 3. The van der Waals surface area contributed by atoms with Gasteiger partial charge in [0.2, 0.25) is 10.0 Å². The summed E-state index contributed by atoms with van der Waals surface area (Å²) in [6.07, 6.45) is 1.01. The first kappa shape index (κ1) is 20.4. The van der Waals surface area contributed by atoms with E-state index in [0.29, 0.717) is 16.5 Å². The number of halogens is 1. The van der Waals surface area contributed by atoms with Crippen molar-refractivity contribution in [2.45, 2.75) is 43.7 Å². The first-order valence-corrected chi connectivity index (χ1v) is 10.7. The number of benzene rings is 2. The fraction of sp³-hybridized carbons (Fsp3) is 0.316. The Morgan fingerprint density at radius 3 is 2.46 bits per heavy atom. The Bertz CT molecular complexity index is 960. The average molecular weight is 424 g/mol. The molecule has 0 aliphatic heterocycles. The van der Waals surface area contributed by atoms with Gasteiger partial charge in [-0.25, -0.2) is 13.1 Å². The molecular weight excluding hydrogens is 402 g/mol. The van der Waals surface area contributed by atoms with Gasteiger partial charge in [0.05, 0.1) is 10.6 Å². The molecule has 3 N–H and O–H groups in total. The first-order chi connectivity index (χ1) is 13.2. The van der Waals surface area contributed by atoms with Gasteiger partial charge in [-0.05, 0) is 74.7 Å². The Hall–Kier alpha value is -2.29. The molecular formula is C19H22ClN3O4S. The lowest BCUT2D eigenvalue weighted by Crippen LogP contribution is -2.39. The molecule has 0 bridgehead atoms. The van der Waals surface area contributed by atoms with Crippen LogP contribution in [0, 0.1) is 6.92 Å². The third-order valence-electron chi connectivity index (χ3n) is 4.20. The molecule has 1 unspecified atom stereocenters. The quantitative estimate of drug-likeness (QED) is 0.567. The van der Waals surface area contributed by atoms with Gasteiger partial charge in [-0.1, -0.05) is 11.6 Å². The molecule has 0 saturated heterocycles. The molecule has 1 fully saturated rings. The second-order valence-corrected chi connectivity index (χ2v) is 8.85. The van der Waals surface area contributed by atoms with Gasteiger partial charge >= 0.3 is 0 Å². The van der Waals surface area contributed by atoms with E-state index >= 15 is 0 Å². The molecule has 2 aromatic rings. The van der Waals surface area contributed by atoms with Crippen molar-refractivity contribution in [1.29, 1.82) is 0 Å². The Morgan fingerprint density at radius 1 is 1.18 bits per heavy atom. The summed E-state index contributed by atoms with van der Waals surface area (Å²) in [6, 6.07) is 11.3. The number of carbonyl (C=O) groups is 1. The molecule has 1 atom stereocenters. The van der Waals surface area contributed by atoms with Gasteiger partial charge < -0.3 is 4.74 Å². The summed E-state index contributed by atoms with van der Waals surface area (Å²) < 4.78 is 32.6. The topological polar surface area (TPSA) is 96.5 Å². The molecule has 1 aliphatic carbocycles. The maximum absolute atomic E-state index is 12.2. The smallest absolute Gasteiger partial charge is 0.279 e. The van der Waals surface area contributed by atoms with Crippen molar-refractivity contribution >= 4 is 33.2 Å². The summed E-state index contributed by atoms with van der Waals surface area (Å²) in [4.78, 5) is 12.4. The van der Waals surface area contributed by atoms with Crippen LogP contribution in [0.25, 0.3) is 0 Å². The number of amides is 1. The van der Waals surface area contributed by atoms with Crippen LogP contribution in [0.15, 0.2) is 47.4 Å². The summed E-state index contributed by atoms with van der Waals surface area (Å²) in [5, 5.41) is 0.599. The highest BCUT2D eigenvalue weighted by Gasteiger charge is 2.27. The second-order valence-electron chi connectivity index (χ2n) is 6.70. The van der Waals surface area contributed by atoms with E-state index in [-0.39, 0.29) is 16.8 Å². The zero-order valence-electron chi connectivity index (χ0n) is 15.5. The van der Waals surface area contributed by atoms with E-state index in [2.05, 4.69) is 15.6 Å². The lowest BCUT2D eigenvalue weighted by Gasteiger charge is -2.17. The van der Waals surface area contributed by atoms with Crippen molar-refractivity contribution in [2.24, 2.45) is 0 Å². The molecule has 1 aliphatic rings. The fourth-order valence-electron chi connectivity index (χ4n) is 2.43. The lowest BCUT2D eigenvalue weighted by molar-refractivity contribution is -0.126. The molecule has 2 aromatic carbocycles. The standard InChI is InChI=1S/C19H22ClN3O4S/c1-12-11-14(20)3-10-18(12)27-13(2)19(24)22-21-15-6-8-17(9-7-15)28(25,26)23-16-4-5-16/h3,6-11,13,16,21,23H,4-5H2,1-2H3,(H,22,24). The molecule has 0 heterocycles. The summed E-state index contributed by atoms with van der Waals surface area (Å²) >= 11 is 5.91. The predicted octanol–water partition coefficient (Wildman–Crippen LogP) is 3.00. The van der Waals surface area contributed by atoms with Crippen molar-refractivity contribution in [1.82, 2.24) is 10.1 Å². The highest BCUT2D eigenvalue weighted by Crippen LogP contribution is 2.24. The average Bonchev–Trinajstić information content (AvgIpc) is 3.45. The van der Waals surface area contributed by atoms with Crippen molar-refractivity contribution in [3.63, 3.8) is 0 Å². The molecule has 7 nitrogen and oxygen atoms in total. The lowest BCUT2D eigenvalue weighted by atomic mass is 10.2. The van der Waals surface area contributed by atoms with Crippen molar-refractivity contribution in [3.05, 3.63) is 53.1 Å². The summed E-state index contributed by atoms with van der Waals surface area (Å²) in [6.45, 7) is 3.47. The highest BCUT2D eigenvalue weighted by molar-refractivity contribution is 7.89. The van der Waals surface area contributed by atoms with Gasteiger partial charge in [0, 0.05) is 11.1 Å². The van der Waals surface area contributed by atoms with E-state index in [9.17, 15) is 13.2 Å². The van der Waals surface area contributed by atoms with Gasteiger partial charge in [-0.3, -0.25) is 15.6 Å². The molecule has 0 radical (unpaired) electrons. The van der Waals surface area contributed by atoms with Gasteiger partial charge in [0.15, 0.2) is 6.10 Å². The third kappa shape index (κ3) is 5.37. The predicted molar refractivity (Wildman–Crippen MR) is 108 cm³/mol. The Balaban J connectivity index is 1.53. The zero-order valence-corrected chi connectivity index (χ0v) is 17.1. The molecule has 150 valence electrons. The molecule has 0 spiro atoms. The largest absolute Gasteiger partial charge is 0.481 e. The minimum Gasteiger partial charge on any atom is -0.481 e. The number of sulfonamides is 1. The maximum atomic E-state index is 12.2.